The van der Waals surface area contributed by atoms with Gasteiger partial charge in [0.05, 0.1) is 0 Å². The van der Waals surface area contributed by atoms with E-state index in [9.17, 15) is 4.79 Å². The summed E-state index contributed by atoms with van der Waals surface area (Å²) in [5, 5.41) is 0. The van der Waals surface area contributed by atoms with Crippen LogP contribution in [0.15, 0.2) is 24.3 Å². The fraction of sp³-hybridized carbons (Fsp3) is 0.500. The Labute approximate surface area is 102 Å². The Kier molecular flexibility index (Phi) is 3.07. The van der Waals surface area contributed by atoms with Gasteiger partial charge in [0.25, 0.3) is 0 Å². The lowest BCUT2D eigenvalue weighted by atomic mass is 9.77. The van der Waals surface area contributed by atoms with Gasteiger partial charge in [0, 0.05) is 6.42 Å². The Balaban J connectivity index is 2.39. The SMILES string of the molecule is Cc1cccc(C2(Cl)C[C@@H](C)CCC2=O)c1. The lowest BCUT2D eigenvalue weighted by molar-refractivity contribution is -0.124. The van der Waals surface area contributed by atoms with Crippen LogP contribution in [0.4, 0.5) is 0 Å². The third-order valence-corrected chi connectivity index (χ3v) is 3.99. The van der Waals surface area contributed by atoms with E-state index in [2.05, 4.69) is 6.92 Å². The molecule has 0 heterocycles. The molecule has 2 atom stereocenters. The Morgan fingerprint density at radius 1 is 1.44 bits per heavy atom. The van der Waals surface area contributed by atoms with Gasteiger partial charge in [-0.25, -0.2) is 0 Å². The minimum absolute atomic E-state index is 0.179. The van der Waals surface area contributed by atoms with Crippen molar-refractivity contribution in [2.75, 3.05) is 0 Å². The summed E-state index contributed by atoms with van der Waals surface area (Å²) in [6.07, 6.45) is 2.34. The first kappa shape index (κ1) is 11.7. The lowest BCUT2D eigenvalue weighted by Gasteiger charge is -2.33. The van der Waals surface area contributed by atoms with Crippen LogP contribution < -0.4 is 0 Å². The second-order valence-electron chi connectivity index (χ2n) is 4.94. The summed E-state index contributed by atoms with van der Waals surface area (Å²) in [6.45, 7) is 4.19. The quantitative estimate of drug-likeness (QED) is 0.678. The van der Waals surface area contributed by atoms with E-state index in [1.165, 1.54) is 0 Å². The predicted octanol–water partition coefficient (Wildman–Crippen LogP) is 3.82. The number of halogens is 1. The second-order valence-corrected chi connectivity index (χ2v) is 5.59. The van der Waals surface area contributed by atoms with E-state index >= 15 is 0 Å². The third kappa shape index (κ3) is 2.01. The maximum atomic E-state index is 12.0. The van der Waals surface area contributed by atoms with E-state index < -0.39 is 4.87 Å². The predicted molar refractivity (Wildman–Crippen MR) is 66.7 cm³/mol. The molecule has 1 saturated carbocycles. The van der Waals surface area contributed by atoms with E-state index in [0.717, 1.165) is 24.0 Å². The minimum atomic E-state index is -0.774. The Morgan fingerprint density at radius 3 is 2.88 bits per heavy atom. The zero-order valence-corrected chi connectivity index (χ0v) is 10.6. The number of carbonyl (C=O) groups excluding carboxylic acids is 1. The van der Waals surface area contributed by atoms with Gasteiger partial charge < -0.3 is 0 Å². The summed E-state index contributed by atoms with van der Waals surface area (Å²) in [4.78, 5) is 11.3. The number of Topliss-reactive ketones (excluding diaryl/α,β-unsaturated/α-hetero) is 1. The molecular formula is C14H17ClO. The molecule has 1 aromatic carbocycles. The van der Waals surface area contributed by atoms with Crippen molar-refractivity contribution < 1.29 is 4.79 Å². The molecule has 0 spiro atoms. The minimum Gasteiger partial charge on any atom is -0.297 e. The number of alkyl halides is 1. The topological polar surface area (TPSA) is 17.1 Å². The van der Waals surface area contributed by atoms with Crippen molar-refractivity contribution in [2.45, 2.75) is 38.0 Å². The number of ketones is 1. The van der Waals surface area contributed by atoms with Crippen LogP contribution in [0.2, 0.25) is 0 Å². The van der Waals surface area contributed by atoms with Crippen molar-refractivity contribution in [3.63, 3.8) is 0 Å². The van der Waals surface area contributed by atoms with Gasteiger partial charge in [-0.3, -0.25) is 4.79 Å². The van der Waals surface area contributed by atoms with E-state index in [1.807, 2.05) is 31.2 Å². The highest BCUT2D eigenvalue weighted by Crippen LogP contribution is 2.42. The van der Waals surface area contributed by atoms with Crippen LogP contribution in [0.5, 0.6) is 0 Å². The number of rotatable bonds is 1. The molecule has 1 fully saturated rings. The molecule has 0 aromatic heterocycles. The summed E-state index contributed by atoms with van der Waals surface area (Å²) in [6, 6.07) is 8.00. The standard InChI is InChI=1S/C14H17ClO/c1-10-4-3-5-12(8-10)14(15)9-11(2)6-7-13(14)16/h3-5,8,11H,6-7,9H2,1-2H3/t11-,14?/m0/s1. The Hall–Kier alpha value is -0.820. The summed E-state index contributed by atoms with van der Waals surface area (Å²) < 4.78 is 0. The average Bonchev–Trinajstić information content (AvgIpc) is 2.24. The number of benzene rings is 1. The van der Waals surface area contributed by atoms with Crippen LogP contribution in [-0.2, 0) is 9.67 Å². The van der Waals surface area contributed by atoms with Crippen LogP contribution in [0.1, 0.15) is 37.3 Å². The first-order valence-corrected chi connectivity index (χ1v) is 6.19. The highest BCUT2D eigenvalue weighted by molar-refractivity contribution is 6.35. The molecule has 0 amide bonds. The van der Waals surface area contributed by atoms with Gasteiger partial charge in [-0.15, -0.1) is 11.6 Å². The summed E-state index contributed by atoms with van der Waals surface area (Å²) in [5.41, 5.74) is 2.12. The maximum Gasteiger partial charge on any atom is 0.158 e. The van der Waals surface area contributed by atoms with Crippen LogP contribution in [0.3, 0.4) is 0 Å². The normalized spacial score (nSPS) is 30.4. The van der Waals surface area contributed by atoms with Gasteiger partial charge in [0.2, 0.25) is 0 Å². The molecule has 86 valence electrons. The summed E-state index contributed by atoms with van der Waals surface area (Å²) in [7, 11) is 0. The fourth-order valence-corrected chi connectivity index (χ4v) is 2.92. The van der Waals surface area contributed by atoms with Crippen molar-refractivity contribution >= 4 is 17.4 Å². The smallest absolute Gasteiger partial charge is 0.158 e. The highest BCUT2D eigenvalue weighted by atomic mass is 35.5. The third-order valence-electron chi connectivity index (χ3n) is 3.41. The molecule has 1 aliphatic carbocycles. The molecule has 0 radical (unpaired) electrons. The van der Waals surface area contributed by atoms with Gasteiger partial charge in [0.15, 0.2) is 5.78 Å². The highest BCUT2D eigenvalue weighted by Gasteiger charge is 2.41. The zero-order valence-electron chi connectivity index (χ0n) is 9.79. The van der Waals surface area contributed by atoms with E-state index in [1.54, 1.807) is 0 Å². The number of aryl methyl sites for hydroxylation is 1. The van der Waals surface area contributed by atoms with Crippen LogP contribution in [-0.4, -0.2) is 5.78 Å². The average molecular weight is 237 g/mol. The molecule has 1 unspecified atom stereocenters. The molecule has 1 aliphatic rings. The van der Waals surface area contributed by atoms with Gasteiger partial charge in [0.1, 0.15) is 4.87 Å². The molecule has 0 N–H and O–H groups in total. The Morgan fingerprint density at radius 2 is 2.19 bits per heavy atom. The van der Waals surface area contributed by atoms with Crippen molar-refractivity contribution in [1.29, 1.82) is 0 Å². The van der Waals surface area contributed by atoms with Crippen molar-refractivity contribution in [2.24, 2.45) is 5.92 Å². The monoisotopic (exact) mass is 236 g/mol. The fourth-order valence-electron chi connectivity index (χ4n) is 2.44. The van der Waals surface area contributed by atoms with E-state index in [4.69, 9.17) is 11.6 Å². The number of hydrogen-bond donors (Lipinski definition) is 0. The summed E-state index contributed by atoms with van der Waals surface area (Å²) in [5.74, 6) is 0.702. The van der Waals surface area contributed by atoms with Crippen LogP contribution >= 0.6 is 11.6 Å². The largest absolute Gasteiger partial charge is 0.297 e. The van der Waals surface area contributed by atoms with Crippen molar-refractivity contribution in [3.8, 4) is 0 Å². The molecular weight excluding hydrogens is 220 g/mol. The first-order chi connectivity index (χ1) is 7.52. The lowest BCUT2D eigenvalue weighted by Crippen LogP contribution is -2.36. The molecule has 1 nitrogen and oxygen atoms in total. The molecule has 0 bridgehead atoms. The number of carbonyl (C=O) groups is 1. The molecule has 0 saturated heterocycles. The summed E-state index contributed by atoms with van der Waals surface area (Å²) >= 11 is 6.57. The van der Waals surface area contributed by atoms with E-state index in [-0.39, 0.29) is 5.78 Å². The Bertz CT molecular complexity index is 413. The molecule has 1 aromatic rings. The van der Waals surface area contributed by atoms with Gasteiger partial charge in [-0.2, -0.15) is 0 Å². The zero-order chi connectivity index (χ0) is 11.8. The molecule has 16 heavy (non-hydrogen) atoms. The maximum absolute atomic E-state index is 12.0. The number of hydrogen-bond acceptors (Lipinski definition) is 1. The van der Waals surface area contributed by atoms with Crippen molar-refractivity contribution in [1.82, 2.24) is 0 Å². The van der Waals surface area contributed by atoms with Crippen molar-refractivity contribution in [3.05, 3.63) is 35.4 Å². The van der Waals surface area contributed by atoms with Crippen LogP contribution in [0.25, 0.3) is 0 Å². The molecule has 0 aliphatic heterocycles. The van der Waals surface area contributed by atoms with Gasteiger partial charge >= 0.3 is 0 Å². The molecule has 2 rings (SSSR count). The first-order valence-electron chi connectivity index (χ1n) is 5.82. The second kappa shape index (κ2) is 4.21. The van der Waals surface area contributed by atoms with Crippen LogP contribution in [0, 0.1) is 12.8 Å². The van der Waals surface area contributed by atoms with Gasteiger partial charge in [-0.1, -0.05) is 36.8 Å². The molecule has 2 heteroatoms. The van der Waals surface area contributed by atoms with E-state index in [0.29, 0.717) is 12.3 Å². The van der Waals surface area contributed by atoms with Gasteiger partial charge in [-0.05, 0) is 31.2 Å².